The lowest BCUT2D eigenvalue weighted by Crippen LogP contribution is -2.40. The van der Waals surface area contributed by atoms with E-state index < -0.39 is 11.7 Å². The smallest absolute Gasteiger partial charge is 0.227 e. The van der Waals surface area contributed by atoms with Crippen LogP contribution in [0.5, 0.6) is 0 Å². The maximum absolute atomic E-state index is 13.7. The molecule has 0 aromatic heterocycles. The molecule has 0 bridgehead atoms. The van der Waals surface area contributed by atoms with Gasteiger partial charge in [0, 0.05) is 25.6 Å². The molecule has 2 atom stereocenters. The summed E-state index contributed by atoms with van der Waals surface area (Å²) in [6, 6.07) is 6.27. The monoisotopic (exact) mass is 329 g/mol. The van der Waals surface area contributed by atoms with Crippen LogP contribution in [-0.4, -0.2) is 38.0 Å². The summed E-state index contributed by atoms with van der Waals surface area (Å²) < 4.78 is 13.7. The molecule has 0 aliphatic carbocycles. The van der Waals surface area contributed by atoms with E-state index in [-0.39, 0.29) is 48.9 Å². The number of rotatable bonds is 5. The second-order valence-electron chi connectivity index (χ2n) is 5.29. The number of hydrogen-bond donors (Lipinski definition) is 2. The molecule has 122 valence electrons. The Morgan fingerprint density at radius 3 is 2.77 bits per heavy atom. The van der Waals surface area contributed by atoms with Crippen LogP contribution < -0.4 is 15.5 Å². The molecular formula is C15H21ClFN3O2. The molecule has 2 unspecified atom stereocenters. The summed E-state index contributed by atoms with van der Waals surface area (Å²) in [7, 11) is 1.82. The van der Waals surface area contributed by atoms with Crippen LogP contribution in [0, 0.1) is 11.7 Å². The van der Waals surface area contributed by atoms with E-state index in [0.29, 0.717) is 6.54 Å². The van der Waals surface area contributed by atoms with Gasteiger partial charge in [-0.1, -0.05) is 12.1 Å². The molecule has 1 fully saturated rings. The zero-order valence-corrected chi connectivity index (χ0v) is 13.5. The van der Waals surface area contributed by atoms with E-state index in [1.807, 2.05) is 14.0 Å². The molecule has 7 heteroatoms. The van der Waals surface area contributed by atoms with Crippen LogP contribution >= 0.6 is 12.4 Å². The number of halogens is 2. The molecule has 1 aromatic rings. The standard InChI is InChI=1S/C15H20FN3O2.ClH/c1-10(17-2)8-18-15(21)11-7-14(20)19(9-11)13-6-4-3-5-12(13)16;/h3-6,10-11,17H,7-9H2,1-2H3,(H,18,21);1H. The van der Waals surface area contributed by atoms with Gasteiger partial charge in [0.05, 0.1) is 11.6 Å². The average molecular weight is 330 g/mol. The summed E-state index contributed by atoms with van der Waals surface area (Å²) in [6.45, 7) is 2.67. The van der Waals surface area contributed by atoms with E-state index in [0.717, 1.165) is 0 Å². The normalized spacial score (nSPS) is 18.8. The van der Waals surface area contributed by atoms with Crippen LogP contribution in [-0.2, 0) is 9.59 Å². The van der Waals surface area contributed by atoms with Crippen LogP contribution in [0.25, 0.3) is 0 Å². The molecule has 5 nitrogen and oxygen atoms in total. The number of anilines is 1. The molecule has 2 N–H and O–H groups in total. The molecule has 0 spiro atoms. The Bertz CT molecular complexity index is 541. The summed E-state index contributed by atoms with van der Waals surface area (Å²) >= 11 is 0. The first-order valence-corrected chi connectivity index (χ1v) is 7.02. The fourth-order valence-electron chi connectivity index (χ4n) is 2.29. The third-order valence-electron chi connectivity index (χ3n) is 3.71. The summed E-state index contributed by atoms with van der Waals surface area (Å²) in [4.78, 5) is 25.4. The number of nitrogens with one attached hydrogen (secondary N) is 2. The van der Waals surface area contributed by atoms with Crippen LogP contribution in [0.4, 0.5) is 10.1 Å². The number of nitrogens with zero attached hydrogens (tertiary/aromatic N) is 1. The quantitative estimate of drug-likeness (QED) is 0.856. The third kappa shape index (κ3) is 4.18. The Morgan fingerprint density at radius 2 is 2.14 bits per heavy atom. The molecule has 2 amide bonds. The van der Waals surface area contributed by atoms with Gasteiger partial charge < -0.3 is 15.5 Å². The highest BCUT2D eigenvalue weighted by molar-refractivity contribution is 6.00. The van der Waals surface area contributed by atoms with Crippen LogP contribution in [0.15, 0.2) is 24.3 Å². The highest BCUT2D eigenvalue weighted by Crippen LogP contribution is 2.27. The lowest BCUT2D eigenvalue weighted by Gasteiger charge is -2.18. The summed E-state index contributed by atoms with van der Waals surface area (Å²) in [5.41, 5.74) is 0.237. The summed E-state index contributed by atoms with van der Waals surface area (Å²) in [5.74, 6) is -1.26. The summed E-state index contributed by atoms with van der Waals surface area (Å²) in [6.07, 6.45) is 0.119. The lowest BCUT2D eigenvalue weighted by molar-refractivity contribution is -0.126. The van der Waals surface area contributed by atoms with Crippen LogP contribution in [0.3, 0.4) is 0 Å². The van der Waals surface area contributed by atoms with Gasteiger partial charge in [-0.25, -0.2) is 4.39 Å². The zero-order valence-electron chi connectivity index (χ0n) is 12.6. The van der Waals surface area contributed by atoms with E-state index in [1.165, 1.54) is 11.0 Å². The topological polar surface area (TPSA) is 61.4 Å². The van der Waals surface area contributed by atoms with Crippen LogP contribution in [0.2, 0.25) is 0 Å². The van der Waals surface area contributed by atoms with Crippen molar-refractivity contribution in [3.8, 4) is 0 Å². The SMILES string of the molecule is CNC(C)CNC(=O)C1CC(=O)N(c2ccccc2F)C1.Cl. The highest BCUT2D eigenvalue weighted by Gasteiger charge is 2.35. The first-order valence-electron chi connectivity index (χ1n) is 7.02. The fraction of sp³-hybridized carbons (Fsp3) is 0.467. The fourth-order valence-corrected chi connectivity index (χ4v) is 2.29. The number of likely N-dealkylation sites (N-methyl/N-ethyl adjacent to an activating group) is 1. The second kappa shape index (κ2) is 8.10. The van der Waals surface area contributed by atoms with E-state index >= 15 is 0 Å². The van der Waals surface area contributed by atoms with Crippen molar-refractivity contribution < 1.29 is 14.0 Å². The van der Waals surface area contributed by atoms with Gasteiger partial charge >= 0.3 is 0 Å². The van der Waals surface area contributed by atoms with Gasteiger partial charge in [0.25, 0.3) is 0 Å². The van der Waals surface area contributed by atoms with E-state index in [1.54, 1.807) is 18.2 Å². The molecule has 1 aliphatic rings. The van der Waals surface area contributed by atoms with Crippen molar-refractivity contribution in [3.05, 3.63) is 30.1 Å². The van der Waals surface area contributed by atoms with Crippen molar-refractivity contribution in [2.45, 2.75) is 19.4 Å². The molecule has 1 aliphatic heterocycles. The Balaban J connectivity index is 0.00000242. The van der Waals surface area contributed by atoms with Crippen molar-refractivity contribution in [1.82, 2.24) is 10.6 Å². The molecule has 1 aromatic carbocycles. The number of carbonyl (C=O) groups excluding carboxylic acids is 2. The Morgan fingerprint density at radius 1 is 1.45 bits per heavy atom. The average Bonchev–Trinajstić information content (AvgIpc) is 2.86. The Kier molecular flexibility index (Phi) is 6.77. The number of benzene rings is 1. The van der Waals surface area contributed by atoms with Gasteiger partial charge in [0.2, 0.25) is 11.8 Å². The van der Waals surface area contributed by atoms with E-state index in [2.05, 4.69) is 10.6 Å². The molecule has 1 saturated heterocycles. The molecule has 0 saturated carbocycles. The van der Waals surface area contributed by atoms with Gasteiger partial charge in [-0.3, -0.25) is 9.59 Å². The molecule has 1 heterocycles. The van der Waals surface area contributed by atoms with Gasteiger partial charge in [0.15, 0.2) is 0 Å². The van der Waals surface area contributed by atoms with Crippen molar-refractivity contribution in [3.63, 3.8) is 0 Å². The summed E-state index contributed by atoms with van der Waals surface area (Å²) in [5, 5.41) is 5.83. The predicted octanol–water partition coefficient (Wildman–Crippen LogP) is 1.32. The Hall–Kier alpha value is -1.66. The first kappa shape index (κ1) is 18.4. The van der Waals surface area contributed by atoms with E-state index in [9.17, 15) is 14.0 Å². The predicted molar refractivity (Wildman–Crippen MR) is 85.6 cm³/mol. The van der Waals surface area contributed by atoms with Gasteiger partial charge in [-0.15, -0.1) is 12.4 Å². The van der Waals surface area contributed by atoms with Crippen molar-refractivity contribution in [2.75, 3.05) is 25.0 Å². The molecule has 2 rings (SSSR count). The zero-order chi connectivity index (χ0) is 15.4. The molecule has 22 heavy (non-hydrogen) atoms. The highest BCUT2D eigenvalue weighted by atomic mass is 35.5. The minimum Gasteiger partial charge on any atom is -0.354 e. The minimum atomic E-state index is -0.448. The van der Waals surface area contributed by atoms with Crippen molar-refractivity contribution in [1.29, 1.82) is 0 Å². The van der Waals surface area contributed by atoms with Crippen LogP contribution in [0.1, 0.15) is 13.3 Å². The molecular weight excluding hydrogens is 309 g/mol. The van der Waals surface area contributed by atoms with Gasteiger partial charge in [-0.2, -0.15) is 0 Å². The number of carbonyl (C=O) groups is 2. The minimum absolute atomic E-state index is 0. The largest absolute Gasteiger partial charge is 0.354 e. The number of hydrogen-bond acceptors (Lipinski definition) is 3. The van der Waals surface area contributed by atoms with Gasteiger partial charge in [0.1, 0.15) is 5.82 Å². The lowest BCUT2D eigenvalue weighted by atomic mass is 10.1. The van der Waals surface area contributed by atoms with E-state index in [4.69, 9.17) is 0 Å². The van der Waals surface area contributed by atoms with Crippen molar-refractivity contribution >= 4 is 29.9 Å². The third-order valence-corrected chi connectivity index (χ3v) is 3.71. The maximum Gasteiger partial charge on any atom is 0.227 e. The number of amides is 2. The maximum atomic E-state index is 13.7. The second-order valence-corrected chi connectivity index (χ2v) is 5.29. The molecule has 0 radical (unpaired) electrons. The van der Waals surface area contributed by atoms with Gasteiger partial charge in [-0.05, 0) is 26.1 Å². The van der Waals surface area contributed by atoms with Crippen molar-refractivity contribution in [2.24, 2.45) is 5.92 Å². The Labute approximate surface area is 135 Å². The first-order chi connectivity index (χ1) is 10.0. The number of para-hydroxylation sites is 1.